The SMILES string of the molecule is Cc1nc(C(C)NC(=O)[C@H](C)N)n[nH]1. The summed E-state index contributed by atoms with van der Waals surface area (Å²) in [5, 5.41) is 9.34. The van der Waals surface area contributed by atoms with Gasteiger partial charge in [0.25, 0.3) is 0 Å². The van der Waals surface area contributed by atoms with E-state index in [0.29, 0.717) is 5.82 Å². The quantitative estimate of drug-likeness (QED) is 0.616. The third-order valence-corrected chi connectivity index (χ3v) is 1.77. The lowest BCUT2D eigenvalue weighted by atomic mass is 10.2. The molecule has 0 fully saturated rings. The Labute approximate surface area is 82.3 Å². The van der Waals surface area contributed by atoms with E-state index in [-0.39, 0.29) is 11.9 Å². The molecule has 1 amide bonds. The summed E-state index contributed by atoms with van der Waals surface area (Å²) in [6.07, 6.45) is 0. The number of hydrogen-bond donors (Lipinski definition) is 3. The number of hydrogen-bond acceptors (Lipinski definition) is 4. The molecule has 6 nitrogen and oxygen atoms in total. The van der Waals surface area contributed by atoms with Crippen LogP contribution in [0.4, 0.5) is 0 Å². The topological polar surface area (TPSA) is 96.7 Å². The molecule has 14 heavy (non-hydrogen) atoms. The summed E-state index contributed by atoms with van der Waals surface area (Å²) in [6, 6.07) is -0.740. The summed E-state index contributed by atoms with van der Waals surface area (Å²) in [4.78, 5) is 15.3. The summed E-state index contributed by atoms with van der Waals surface area (Å²) in [5.41, 5.74) is 5.41. The van der Waals surface area contributed by atoms with Crippen LogP contribution in [0.5, 0.6) is 0 Å². The van der Waals surface area contributed by atoms with Crippen molar-refractivity contribution >= 4 is 5.91 Å². The Balaban J connectivity index is 2.59. The summed E-state index contributed by atoms with van der Waals surface area (Å²) in [6.45, 7) is 5.24. The summed E-state index contributed by atoms with van der Waals surface area (Å²) in [7, 11) is 0. The highest BCUT2D eigenvalue weighted by atomic mass is 16.2. The lowest BCUT2D eigenvalue weighted by molar-refractivity contribution is -0.122. The fourth-order valence-corrected chi connectivity index (χ4v) is 0.963. The smallest absolute Gasteiger partial charge is 0.237 e. The molecule has 1 heterocycles. The number of nitrogens with two attached hydrogens (primary N) is 1. The highest BCUT2D eigenvalue weighted by Gasteiger charge is 2.15. The molecular weight excluding hydrogens is 182 g/mol. The normalized spacial score (nSPS) is 14.9. The van der Waals surface area contributed by atoms with Gasteiger partial charge in [0.2, 0.25) is 5.91 Å². The molecule has 6 heteroatoms. The van der Waals surface area contributed by atoms with Crippen molar-refractivity contribution in [3.05, 3.63) is 11.6 Å². The van der Waals surface area contributed by atoms with Crippen molar-refractivity contribution in [1.82, 2.24) is 20.5 Å². The number of amides is 1. The van der Waals surface area contributed by atoms with Gasteiger partial charge in [0.15, 0.2) is 5.82 Å². The third-order valence-electron chi connectivity index (χ3n) is 1.77. The highest BCUT2D eigenvalue weighted by molar-refractivity contribution is 5.81. The molecular formula is C8H15N5O. The van der Waals surface area contributed by atoms with Crippen molar-refractivity contribution in [2.24, 2.45) is 5.73 Å². The minimum Gasteiger partial charge on any atom is -0.345 e. The second-order valence-electron chi connectivity index (χ2n) is 3.30. The average molecular weight is 197 g/mol. The van der Waals surface area contributed by atoms with E-state index in [1.807, 2.05) is 6.92 Å². The minimum absolute atomic E-state index is 0.208. The van der Waals surface area contributed by atoms with Crippen LogP contribution in [-0.2, 0) is 4.79 Å². The second-order valence-corrected chi connectivity index (χ2v) is 3.30. The van der Waals surface area contributed by atoms with Gasteiger partial charge in [-0.05, 0) is 20.8 Å². The van der Waals surface area contributed by atoms with Crippen LogP contribution >= 0.6 is 0 Å². The predicted octanol–water partition coefficient (Wildman–Crippen LogP) is -0.362. The number of nitrogens with one attached hydrogen (secondary N) is 2. The first-order valence-electron chi connectivity index (χ1n) is 4.45. The molecule has 1 rings (SSSR count). The van der Waals surface area contributed by atoms with Crippen LogP contribution in [0.2, 0.25) is 0 Å². The van der Waals surface area contributed by atoms with Crippen molar-refractivity contribution in [3.8, 4) is 0 Å². The Hall–Kier alpha value is -1.43. The van der Waals surface area contributed by atoms with E-state index in [4.69, 9.17) is 5.73 Å². The Bertz CT molecular complexity index is 319. The third kappa shape index (κ3) is 2.53. The molecule has 0 bridgehead atoms. The van der Waals surface area contributed by atoms with Crippen LogP contribution in [0.15, 0.2) is 0 Å². The van der Waals surface area contributed by atoms with Crippen LogP contribution in [0.25, 0.3) is 0 Å². The molecule has 2 atom stereocenters. The molecule has 0 saturated heterocycles. The zero-order chi connectivity index (χ0) is 10.7. The zero-order valence-electron chi connectivity index (χ0n) is 8.53. The summed E-state index contributed by atoms with van der Waals surface area (Å²) >= 11 is 0. The summed E-state index contributed by atoms with van der Waals surface area (Å²) < 4.78 is 0. The van der Waals surface area contributed by atoms with E-state index in [2.05, 4.69) is 20.5 Å². The zero-order valence-corrected chi connectivity index (χ0v) is 8.53. The van der Waals surface area contributed by atoms with Crippen molar-refractivity contribution in [2.75, 3.05) is 0 Å². The minimum atomic E-state index is -0.516. The first kappa shape index (κ1) is 10.6. The lowest BCUT2D eigenvalue weighted by Crippen LogP contribution is -2.39. The largest absolute Gasteiger partial charge is 0.345 e. The van der Waals surface area contributed by atoms with Crippen LogP contribution in [0, 0.1) is 6.92 Å². The van der Waals surface area contributed by atoms with Gasteiger partial charge < -0.3 is 11.1 Å². The maximum atomic E-state index is 11.2. The number of aromatic nitrogens is 3. The van der Waals surface area contributed by atoms with Gasteiger partial charge in [-0.3, -0.25) is 9.89 Å². The van der Waals surface area contributed by atoms with Crippen molar-refractivity contribution in [2.45, 2.75) is 32.9 Å². The van der Waals surface area contributed by atoms with Gasteiger partial charge in [0, 0.05) is 0 Å². The van der Waals surface area contributed by atoms with Gasteiger partial charge in [-0.1, -0.05) is 0 Å². The Kier molecular flexibility index (Phi) is 3.19. The van der Waals surface area contributed by atoms with E-state index < -0.39 is 6.04 Å². The number of carbonyl (C=O) groups excluding carboxylic acids is 1. The van der Waals surface area contributed by atoms with Gasteiger partial charge in [-0.2, -0.15) is 5.10 Å². The molecule has 78 valence electrons. The molecule has 0 spiro atoms. The Morgan fingerprint density at radius 3 is 2.64 bits per heavy atom. The van der Waals surface area contributed by atoms with Gasteiger partial charge in [-0.15, -0.1) is 0 Å². The van der Waals surface area contributed by atoms with Crippen LogP contribution < -0.4 is 11.1 Å². The van der Waals surface area contributed by atoms with Gasteiger partial charge in [-0.25, -0.2) is 4.98 Å². The number of rotatable bonds is 3. The van der Waals surface area contributed by atoms with Crippen molar-refractivity contribution in [3.63, 3.8) is 0 Å². The number of carbonyl (C=O) groups is 1. The van der Waals surface area contributed by atoms with Crippen molar-refractivity contribution in [1.29, 1.82) is 0 Å². The monoisotopic (exact) mass is 197 g/mol. The maximum absolute atomic E-state index is 11.2. The summed E-state index contributed by atoms with van der Waals surface area (Å²) in [5.74, 6) is 1.08. The van der Waals surface area contributed by atoms with Crippen LogP contribution in [-0.4, -0.2) is 27.1 Å². The first-order valence-corrected chi connectivity index (χ1v) is 4.45. The molecule has 4 N–H and O–H groups in total. The molecule has 0 radical (unpaired) electrons. The fourth-order valence-electron chi connectivity index (χ4n) is 0.963. The van der Waals surface area contributed by atoms with Gasteiger partial charge >= 0.3 is 0 Å². The molecule has 0 aliphatic carbocycles. The molecule has 0 aromatic carbocycles. The van der Waals surface area contributed by atoms with E-state index in [1.165, 1.54) is 0 Å². The van der Waals surface area contributed by atoms with Crippen LogP contribution in [0.1, 0.15) is 31.5 Å². The average Bonchev–Trinajstić information content (AvgIpc) is 2.51. The van der Waals surface area contributed by atoms with E-state index in [0.717, 1.165) is 5.82 Å². The lowest BCUT2D eigenvalue weighted by Gasteiger charge is -2.11. The molecule has 1 unspecified atom stereocenters. The molecule has 0 aliphatic heterocycles. The van der Waals surface area contributed by atoms with Gasteiger partial charge in [0.1, 0.15) is 5.82 Å². The Morgan fingerprint density at radius 2 is 2.21 bits per heavy atom. The van der Waals surface area contributed by atoms with Crippen molar-refractivity contribution < 1.29 is 4.79 Å². The van der Waals surface area contributed by atoms with E-state index in [9.17, 15) is 4.79 Å². The first-order chi connectivity index (χ1) is 6.50. The van der Waals surface area contributed by atoms with Gasteiger partial charge in [0.05, 0.1) is 12.1 Å². The molecule has 0 aliphatic rings. The highest BCUT2D eigenvalue weighted by Crippen LogP contribution is 2.05. The molecule has 1 aromatic rings. The Morgan fingerprint density at radius 1 is 1.57 bits per heavy atom. The number of aryl methyl sites for hydroxylation is 1. The standard InChI is InChI=1S/C8H15N5O/c1-4(9)8(14)10-5(2)7-11-6(3)12-13-7/h4-5H,9H2,1-3H3,(H,10,14)(H,11,12,13)/t4-,5?/m0/s1. The maximum Gasteiger partial charge on any atom is 0.237 e. The number of nitrogens with zero attached hydrogens (tertiary/aromatic N) is 2. The van der Waals surface area contributed by atoms with E-state index in [1.54, 1.807) is 13.8 Å². The number of H-pyrrole nitrogens is 1. The van der Waals surface area contributed by atoms with Crippen LogP contribution in [0.3, 0.4) is 0 Å². The number of aromatic amines is 1. The second kappa shape index (κ2) is 4.19. The van der Waals surface area contributed by atoms with E-state index >= 15 is 0 Å². The predicted molar refractivity (Wildman–Crippen MR) is 51.3 cm³/mol. The molecule has 1 aromatic heterocycles. The molecule has 0 saturated carbocycles. The fraction of sp³-hybridized carbons (Fsp3) is 0.625.